The molecule has 0 aliphatic heterocycles. The molecule has 5 nitrogen and oxygen atoms in total. The largest absolute Gasteiger partial charge is 0.496 e. The lowest BCUT2D eigenvalue weighted by molar-refractivity contribution is -0.141. The molecule has 0 heterocycles. The van der Waals surface area contributed by atoms with Crippen LogP contribution in [0.25, 0.3) is 0 Å². The Morgan fingerprint density at radius 1 is 1.04 bits per heavy atom. The number of aliphatic carboxylic acids is 1. The second-order valence-electron chi connectivity index (χ2n) is 6.64. The van der Waals surface area contributed by atoms with Crippen LogP contribution in [0, 0.1) is 11.8 Å². The number of benzene rings is 2. The van der Waals surface area contributed by atoms with Crippen LogP contribution in [-0.2, 0) is 9.59 Å². The number of ether oxygens (including phenoxy) is 1. The van der Waals surface area contributed by atoms with Crippen molar-refractivity contribution in [3.8, 4) is 5.75 Å². The first-order valence-electron chi connectivity index (χ1n) is 8.81. The molecule has 3 rings (SSSR count). The van der Waals surface area contributed by atoms with Gasteiger partial charge in [-0.05, 0) is 30.9 Å². The molecule has 1 unspecified atom stereocenters. The summed E-state index contributed by atoms with van der Waals surface area (Å²) < 4.78 is 5.47. The molecule has 0 spiro atoms. The molecule has 1 fully saturated rings. The summed E-state index contributed by atoms with van der Waals surface area (Å²) >= 11 is 0. The maximum Gasteiger partial charge on any atom is 0.306 e. The zero-order valence-corrected chi connectivity index (χ0v) is 14.7. The first-order valence-corrected chi connectivity index (χ1v) is 8.81. The summed E-state index contributed by atoms with van der Waals surface area (Å²) in [5, 5.41) is 12.3. The molecule has 2 N–H and O–H groups in total. The van der Waals surface area contributed by atoms with Gasteiger partial charge in [-0.25, -0.2) is 0 Å². The molecule has 26 heavy (non-hydrogen) atoms. The van der Waals surface area contributed by atoms with E-state index in [0.717, 1.165) is 11.1 Å². The van der Waals surface area contributed by atoms with Crippen molar-refractivity contribution in [2.24, 2.45) is 11.8 Å². The summed E-state index contributed by atoms with van der Waals surface area (Å²) in [6.07, 6.45) is 1.56. The zero-order valence-electron chi connectivity index (χ0n) is 14.7. The smallest absolute Gasteiger partial charge is 0.306 e. The molecule has 0 aromatic heterocycles. The van der Waals surface area contributed by atoms with Crippen molar-refractivity contribution < 1.29 is 19.4 Å². The fraction of sp³-hybridized carbons (Fsp3) is 0.333. The van der Waals surface area contributed by atoms with Crippen LogP contribution in [0.5, 0.6) is 5.75 Å². The number of methoxy groups -OCH3 is 1. The lowest BCUT2D eigenvalue weighted by Crippen LogP contribution is -2.34. The van der Waals surface area contributed by atoms with E-state index in [9.17, 15) is 14.7 Å². The van der Waals surface area contributed by atoms with Crippen molar-refractivity contribution in [3.63, 3.8) is 0 Å². The van der Waals surface area contributed by atoms with Gasteiger partial charge in [0.2, 0.25) is 5.91 Å². The van der Waals surface area contributed by atoms with Crippen molar-refractivity contribution in [2.45, 2.75) is 25.3 Å². The van der Waals surface area contributed by atoms with Crippen molar-refractivity contribution in [3.05, 3.63) is 65.7 Å². The van der Waals surface area contributed by atoms with Crippen molar-refractivity contribution >= 4 is 11.9 Å². The standard InChI is InChI=1S/C21H23NO4/c1-26-18-10-6-5-9-17(18)19(14-7-3-2-4-8-14)22-20(23)15-11-12-16(13-15)21(24)25/h2-10,15-16,19H,11-13H2,1H3,(H,22,23)(H,24,25)/t15-,16+,19?/m1/s1. The minimum atomic E-state index is -0.815. The molecule has 0 saturated heterocycles. The quantitative estimate of drug-likeness (QED) is 0.834. The number of rotatable bonds is 6. The van der Waals surface area contributed by atoms with E-state index in [1.54, 1.807) is 7.11 Å². The van der Waals surface area contributed by atoms with Gasteiger partial charge in [0.25, 0.3) is 0 Å². The molecule has 136 valence electrons. The third-order valence-electron chi connectivity index (χ3n) is 5.02. The SMILES string of the molecule is COc1ccccc1C(NC(=O)[C@@H]1CC[C@H](C(=O)O)C1)c1ccccc1. The van der Waals surface area contributed by atoms with Gasteiger partial charge in [-0.1, -0.05) is 48.5 Å². The Labute approximate surface area is 153 Å². The predicted molar refractivity (Wildman–Crippen MR) is 97.9 cm³/mol. The van der Waals surface area contributed by atoms with E-state index in [0.29, 0.717) is 25.0 Å². The van der Waals surface area contributed by atoms with Crippen molar-refractivity contribution in [2.75, 3.05) is 7.11 Å². The molecule has 5 heteroatoms. The number of nitrogens with one attached hydrogen (secondary N) is 1. The molecule has 0 bridgehead atoms. The molecule has 1 saturated carbocycles. The summed E-state index contributed by atoms with van der Waals surface area (Å²) in [6, 6.07) is 17.0. The van der Waals surface area contributed by atoms with Crippen LogP contribution in [-0.4, -0.2) is 24.1 Å². The highest BCUT2D eigenvalue weighted by atomic mass is 16.5. The number of carboxylic acids is 1. The number of hydrogen-bond acceptors (Lipinski definition) is 3. The van der Waals surface area contributed by atoms with Gasteiger partial charge in [-0.2, -0.15) is 0 Å². The van der Waals surface area contributed by atoms with Crippen LogP contribution < -0.4 is 10.1 Å². The van der Waals surface area contributed by atoms with Gasteiger partial charge in [0.15, 0.2) is 0 Å². The molecular weight excluding hydrogens is 330 g/mol. The maximum absolute atomic E-state index is 12.8. The van der Waals surface area contributed by atoms with Gasteiger partial charge < -0.3 is 15.2 Å². The second-order valence-corrected chi connectivity index (χ2v) is 6.64. The van der Waals surface area contributed by atoms with Crippen LogP contribution in [0.1, 0.15) is 36.4 Å². The number of carbonyl (C=O) groups is 2. The van der Waals surface area contributed by atoms with E-state index in [1.165, 1.54) is 0 Å². The summed E-state index contributed by atoms with van der Waals surface area (Å²) in [7, 11) is 1.61. The number of amides is 1. The summed E-state index contributed by atoms with van der Waals surface area (Å²) in [5.41, 5.74) is 1.83. The van der Waals surface area contributed by atoms with Crippen LogP contribution in [0.2, 0.25) is 0 Å². The fourth-order valence-electron chi connectivity index (χ4n) is 3.60. The molecule has 1 aliphatic carbocycles. The molecule has 1 amide bonds. The van der Waals surface area contributed by atoms with Crippen molar-refractivity contribution in [1.29, 1.82) is 0 Å². The van der Waals surface area contributed by atoms with Gasteiger partial charge >= 0.3 is 5.97 Å². The average Bonchev–Trinajstić information content (AvgIpc) is 3.17. The maximum atomic E-state index is 12.8. The van der Waals surface area contributed by atoms with Gasteiger partial charge in [0.1, 0.15) is 5.75 Å². The number of carbonyl (C=O) groups excluding carboxylic acids is 1. The highest BCUT2D eigenvalue weighted by Gasteiger charge is 2.35. The third kappa shape index (κ3) is 3.87. The summed E-state index contributed by atoms with van der Waals surface area (Å²) in [6.45, 7) is 0. The highest BCUT2D eigenvalue weighted by Crippen LogP contribution is 2.34. The normalized spacial score (nSPS) is 20.3. The Bertz CT molecular complexity index is 775. The van der Waals surface area contributed by atoms with Gasteiger partial charge in [-0.3, -0.25) is 9.59 Å². The lowest BCUT2D eigenvalue weighted by atomic mass is 9.96. The zero-order chi connectivity index (χ0) is 18.5. The highest BCUT2D eigenvalue weighted by molar-refractivity contribution is 5.81. The molecule has 2 aromatic carbocycles. The van der Waals surface area contributed by atoms with Crippen LogP contribution >= 0.6 is 0 Å². The molecule has 3 atom stereocenters. The number of hydrogen-bond donors (Lipinski definition) is 2. The fourth-order valence-corrected chi connectivity index (χ4v) is 3.60. The first-order chi connectivity index (χ1) is 12.6. The Hall–Kier alpha value is -2.82. The second kappa shape index (κ2) is 8.04. The Balaban J connectivity index is 1.85. The van der Waals surface area contributed by atoms with E-state index in [-0.39, 0.29) is 17.9 Å². The molecular formula is C21H23NO4. The Kier molecular flexibility index (Phi) is 5.56. The molecule has 1 aliphatic rings. The van der Waals surface area contributed by atoms with E-state index in [1.807, 2.05) is 54.6 Å². The molecule has 0 radical (unpaired) electrons. The first kappa shape index (κ1) is 18.0. The lowest BCUT2D eigenvalue weighted by Gasteiger charge is -2.23. The number of para-hydroxylation sites is 1. The van der Waals surface area contributed by atoms with Crippen molar-refractivity contribution in [1.82, 2.24) is 5.32 Å². The van der Waals surface area contributed by atoms with E-state index in [4.69, 9.17) is 4.74 Å². The van der Waals surface area contributed by atoms with E-state index >= 15 is 0 Å². The Morgan fingerprint density at radius 2 is 1.69 bits per heavy atom. The number of carboxylic acid groups (broad SMARTS) is 1. The monoisotopic (exact) mass is 353 g/mol. The summed E-state index contributed by atoms with van der Waals surface area (Å²) in [4.78, 5) is 24.0. The minimum Gasteiger partial charge on any atom is -0.496 e. The van der Waals surface area contributed by atoms with Crippen LogP contribution in [0.3, 0.4) is 0 Å². The Morgan fingerprint density at radius 3 is 2.35 bits per heavy atom. The van der Waals surface area contributed by atoms with E-state index in [2.05, 4.69) is 5.32 Å². The topological polar surface area (TPSA) is 75.6 Å². The van der Waals surface area contributed by atoms with Gasteiger partial charge in [0.05, 0.1) is 19.1 Å². The van der Waals surface area contributed by atoms with Gasteiger partial charge in [0, 0.05) is 11.5 Å². The predicted octanol–water partition coefficient (Wildman–Crippen LogP) is 3.40. The van der Waals surface area contributed by atoms with E-state index < -0.39 is 11.9 Å². The van der Waals surface area contributed by atoms with Gasteiger partial charge in [-0.15, -0.1) is 0 Å². The summed E-state index contributed by atoms with van der Waals surface area (Å²) in [5.74, 6) is -0.904. The van der Waals surface area contributed by atoms with Crippen LogP contribution in [0.4, 0.5) is 0 Å². The van der Waals surface area contributed by atoms with Crippen LogP contribution in [0.15, 0.2) is 54.6 Å². The third-order valence-corrected chi connectivity index (χ3v) is 5.02. The minimum absolute atomic E-state index is 0.103. The average molecular weight is 353 g/mol. The molecule has 2 aromatic rings.